The molecule has 120 valence electrons. The number of aromatic nitrogens is 4. The van der Waals surface area contributed by atoms with Crippen LogP contribution in [0.3, 0.4) is 0 Å². The van der Waals surface area contributed by atoms with Gasteiger partial charge in [0.15, 0.2) is 5.82 Å². The summed E-state index contributed by atoms with van der Waals surface area (Å²) in [6.07, 6.45) is 10.8. The molecule has 3 aromatic rings. The SMILES string of the molecule is O=C(c1ccc(-n2cccn2)nc1)N(Cc1cccnc1)C1CC1. The zero-order chi connectivity index (χ0) is 16.4. The van der Waals surface area contributed by atoms with E-state index in [1.54, 1.807) is 23.3 Å². The molecule has 1 aliphatic rings. The van der Waals surface area contributed by atoms with Gasteiger partial charge in [-0.25, -0.2) is 9.67 Å². The number of amides is 1. The maximum Gasteiger partial charge on any atom is 0.255 e. The minimum absolute atomic E-state index is 0.0147. The highest BCUT2D eigenvalue weighted by molar-refractivity contribution is 5.94. The van der Waals surface area contributed by atoms with E-state index in [2.05, 4.69) is 15.1 Å². The van der Waals surface area contributed by atoms with E-state index in [1.807, 2.05) is 47.6 Å². The first kappa shape index (κ1) is 14.6. The van der Waals surface area contributed by atoms with Crippen molar-refractivity contribution in [1.29, 1.82) is 0 Å². The summed E-state index contributed by atoms with van der Waals surface area (Å²) in [5.41, 5.74) is 1.64. The summed E-state index contributed by atoms with van der Waals surface area (Å²) in [4.78, 5) is 23.3. The Morgan fingerprint density at radius 3 is 2.71 bits per heavy atom. The van der Waals surface area contributed by atoms with E-state index in [0.717, 1.165) is 18.4 Å². The van der Waals surface area contributed by atoms with Gasteiger partial charge in [-0.3, -0.25) is 9.78 Å². The van der Waals surface area contributed by atoms with Crippen LogP contribution in [0.5, 0.6) is 0 Å². The smallest absolute Gasteiger partial charge is 0.255 e. The molecule has 1 aliphatic carbocycles. The van der Waals surface area contributed by atoms with Crippen molar-refractivity contribution in [1.82, 2.24) is 24.6 Å². The zero-order valence-corrected chi connectivity index (χ0v) is 13.1. The van der Waals surface area contributed by atoms with Crippen LogP contribution in [0.15, 0.2) is 61.3 Å². The van der Waals surface area contributed by atoms with Crippen LogP contribution in [0.4, 0.5) is 0 Å². The normalized spacial score (nSPS) is 13.7. The highest BCUT2D eigenvalue weighted by atomic mass is 16.2. The number of pyridine rings is 2. The second-order valence-corrected chi connectivity index (χ2v) is 5.88. The molecule has 0 spiro atoms. The van der Waals surface area contributed by atoms with E-state index >= 15 is 0 Å². The lowest BCUT2D eigenvalue weighted by Crippen LogP contribution is -2.32. The molecule has 1 amide bonds. The predicted octanol–water partition coefficient (Wildman–Crippen LogP) is 2.47. The fourth-order valence-corrected chi connectivity index (χ4v) is 2.66. The van der Waals surface area contributed by atoms with Crippen molar-refractivity contribution < 1.29 is 4.79 Å². The van der Waals surface area contributed by atoms with Crippen molar-refractivity contribution in [3.63, 3.8) is 0 Å². The Kier molecular flexibility index (Phi) is 3.78. The van der Waals surface area contributed by atoms with Gasteiger partial charge in [0, 0.05) is 43.6 Å². The van der Waals surface area contributed by atoms with Crippen LogP contribution in [0, 0.1) is 0 Å². The average molecular weight is 319 g/mol. The van der Waals surface area contributed by atoms with E-state index in [9.17, 15) is 4.79 Å². The third kappa shape index (κ3) is 3.03. The van der Waals surface area contributed by atoms with Gasteiger partial charge >= 0.3 is 0 Å². The Morgan fingerprint density at radius 2 is 2.08 bits per heavy atom. The molecule has 24 heavy (non-hydrogen) atoms. The molecule has 0 radical (unpaired) electrons. The molecule has 0 bridgehead atoms. The number of rotatable bonds is 5. The quantitative estimate of drug-likeness (QED) is 0.725. The second-order valence-electron chi connectivity index (χ2n) is 5.88. The fourth-order valence-electron chi connectivity index (χ4n) is 2.66. The Balaban J connectivity index is 1.54. The van der Waals surface area contributed by atoms with Crippen LogP contribution in [-0.2, 0) is 6.54 Å². The maximum atomic E-state index is 12.9. The van der Waals surface area contributed by atoms with E-state index in [4.69, 9.17) is 0 Å². The van der Waals surface area contributed by atoms with Crippen molar-refractivity contribution in [2.45, 2.75) is 25.4 Å². The Bertz CT molecular complexity index is 810. The van der Waals surface area contributed by atoms with E-state index in [1.165, 1.54) is 0 Å². The summed E-state index contributed by atoms with van der Waals surface area (Å²) >= 11 is 0. The molecule has 3 heterocycles. The van der Waals surface area contributed by atoms with Crippen molar-refractivity contribution >= 4 is 5.91 Å². The largest absolute Gasteiger partial charge is 0.331 e. The summed E-state index contributed by atoms with van der Waals surface area (Å²) < 4.78 is 1.67. The fraction of sp³-hybridized carbons (Fsp3) is 0.222. The molecule has 0 aliphatic heterocycles. The third-order valence-corrected chi connectivity index (χ3v) is 4.06. The van der Waals surface area contributed by atoms with E-state index in [0.29, 0.717) is 24.0 Å². The molecular formula is C18H17N5O. The minimum atomic E-state index is 0.0147. The van der Waals surface area contributed by atoms with E-state index < -0.39 is 0 Å². The van der Waals surface area contributed by atoms with Crippen LogP contribution in [0.2, 0.25) is 0 Å². The zero-order valence-electron chi connectivity index (χ0n) is 13.1. The van der Waals surface area contributed by atoms with Crippen molar-refractivity contribution in [2.24, 2.45) is 0 Å². The van der Waals surface area contributed by atoms with Crippen molar-refractivity contribution in [2.75, 3.05) is 0 Å². The highest BCUT2D eigenvalue weighted by Crippen LogP contribution is 2.29. The van der Waals surface area contributed by atoms with Gasteiger partial charge in [0.2, 0.25) is 0 Å². The monoisotopic (exact) mass is 319 g/mol. The molecule has 0 aromatic carbocycles. The molecular weight excluding hydrogens is 302 g/mol. The topological polar surface area (TPSA) is 63.9 Å². The van der Waals surface area contributed by atoms with Crippen molar-refractivity contribution in [3.05, 3.63) is 72.4 Å². The number of hydrogen-bond donors (Lipinski definition) is 0. The van der Waals surface area contributed by atoms with Gasteiger partial charge in [0.25, 0.3) is 5.91 Å². The number of carbonyl (C=O) groups excluding carboxylic acids is 1. The molecule has 0 unspecified atom stereocenters. The molecule has 1 saturated carbocycles. The Hall–Kier alpha value is -3.02. The van der Waals surface area contributed by atoms with Gasteiger partial charge in [0.1, 0.15) is 0 Å². The first-order valence-electron chi connectivity index (χ1n) is 7.97. The van der Waals surface area contributed by atoms with Crippen LogP contribution < -0.4 is 0 Å². The Morgan fingerprint density at radius 1 is 1.17 bits per heavy atom. The molecule has 0 N–H and O–H groups in total. The summed E-state index contributed by atoms with van der Waals surface area (Å²) in [6, 6.07) is 9.67. The number of nitrogens with zero attached hydrogens (tertiary/aromatic N) is 5. The molecule has 3 aromatic heterocycles. The standard InChI is InChI=1S/C18H17N5O/c24-18(15-4-7-17(20-12-15)23-10-2-9-21-23)22(16-5-6-16)13-14-3-1-8-19-11-14/h1-4,7-12,16H,5-6,13H2. The Labute approximate surface area is 139 Å². The van der Waals surface area contributed by atoms with Crippen LogP contribution in [-0.4, -0.2) is 36.6 Å². The number of hydrogen-bond acceptors (Lipinski definition) is 4. The summed E-state index contributed by atoms with van der Waals surface area (Å²) in [5.74, 6) is 0.711. The molecule has 6 heteroatoms. The first-order valence-corrected chi connectivity index (χ1v) is 7.97. The van der Waals surface area contributed by atoms with E-state index in [-0.39, 0.29) is 5.91 Å². The van der Waals surface area contributed by atoms with Crippen molar-refractivity contribution in [3.8, 4) is 5.82 Å². The molecule has 0 saturated heterocycles. The van der Waals surface area contributed by atoms with Gasteiger partial charge in [-0.15, -0.1) is 0 Å². The molecule has 0 atom stereocenters. The molecule has 4 rings (SSSR count). The molecule has 6 nitrogen and oxygen atoms in total. The lowest BCUT2D eigenvalue weighted by molar-refractivity contribution is 0.0729. The third-order valence-electron chi connectivity index (χ3n) is 4.06. The summed E-state index contributed by atoms with van der Waals surface area (Å²) in [6.45, 7) is 0.582. The van der Waals surface area contributed by atoms with Crippen LogP contribution in [0.25, 0.3) is 5.82 Å². The van der Waals surface area contributed by atoms with Gasteiger partial charge < -0.3 is 4.90 Å². The lowest BCUT2D eigenvalue weighted by atomic mass is 10.2. The van der Waals surface area contributed by atoms with Crippen LogP contribution >= 0.6 is 0 Å². The lowest BCUT2D eigenvalue weighted by Gasteiger charge is -2.22. The predicted molar refractivity (Wildman–Crippen MR) is 88.5 cm³/mol. The summed E-state index contributed by atoms with van der Waals surface area (Å²) in [7, 11) is 0. The molecule has 1 fully saturated rings. The van der Waals surface area contributed by atoms with Gasteiger partial charge in [-0.2, -0.15) is 5.10 Å². The average Bonchev–Trinajstić information content (AvgIpc) is 3.33. The highest BCUT2D eigenvalue weighted by Gasteiger charge is 2.33. The van der Waals surface area contributed by atoms with Gasteiger partial charge in [0.05, 0.1) is 5.56 Å². The first-order chi connectivity index (χ1) is 11.8. The van der Waals surface area contributed by atoms with Gasteiger partial charge in [-0.1, -0.05) is 6.07 Å². The second kappa shape index (κ2) is 6.23. The van der Waals surface area contributed by atoms with Crippen LogP contribution in [0.1, 0.15) is 28.8 Å². The van der Waals surface area contributed by atoms with Gasteiger partial charge in [-0.05, 0) is 42.7 Å². The number of carbonyl (C=O) groups is 1. The minimum Gasteiger partial charge on any atom is -0.331 e. The maximum absolute atomic E-state index is 12.9. The summed E-state index contributed by atoms with van der Waals surface area (Å²) in [5, 5.41) is 4.14.